The normalized spacial score (nSPS) is 27.3. The van der Waals surface area contributed by atoms with E-state index >= 15 is 0 Å². The van der Waals surface area contributed by atoms with Gasteiger partial charge in [0.1, 0.15) is 6.61 Å². The molecule has 3 fully saturated rings. The van der Waals surface area contributed by atoms with Crippen molar-refractivity contribution in [2.45, 2.75) is 75.6 Å². The van der Waals surface area contributed by atoms with Gasteiger partial charge in [-0.1, -0.05) is 31.7 Å². The van der Waals surface area contributed by atoms with Gasteiger partial charge >= 0.3 is 0 Å². The van der Waals surface area contributed by atoms with Gasteiger partial charge < -0.3 is 14.5 Å². The Balaban J connectivity index is 1.60. The predicted molar refractivity (Wildman–Crippen MR) is 101 cm³/mol. The zero-order valence-electron chi connectivity index (χ0n) is 16.0. The fourth-order valence-electron chi connectivity index (χ4n) is 4.53. The van der Waals surface area contributed by atoms with Crippen LogP contribution in [0.4, 0.5) is 0 Å². The number of morpholine rings is 1. The Morgan fingerprint density at radius 2 is 1.93 bits per heavy atom. The summed E-state index contributed by atoms with van der Waals surface area (Å²) >= 11 is 0. The van der Waals surface area contributed by atoms with Gasteiger partial charge in [-0.2, -0.15) is 0 Å². The van der Waals surface area contributed by atoms with E-state index in [9.17, 15) is 9.59 Å². The molecule has 2 amide bonds. The third-order valence-electron chi connectivity index (χ3n) is 6.19. The van der Waals surface area contributed by atoms with Gasteiger partial charge in [0.15, 0.2) is 6.10 Å². The van der Waals surface area contributed by atoms with Crippen LogP contribution in [0.3, 0.4) is 0 Å². The van der Waals surface area contributed by atoms with Gasteiger partial charge in [0.2, 0.25) is 5.91 Å². The third-order valence-corrected chi connectivity index (χ3v) is 6.19. The van der Waals surface area contributed by atoms with Gasteiger partial charge in [0, 0.05) is 31.5 Å². The van der Waals surface area contributed by atoms with Gasteiger partial charge in [-0.3, -0.25) is 14.6 Å². The van der Waals surface area contributed by atoms with Crippen LogP contribution in [0, 0.1) is 0 Å². The quantitative estimate of drug-likeness (QED) is 0.764. The Bertz CT molecular complexity index is 669. The molecule has 0 aromatic carbocycles. The summed E-state index contributed by atoms with van der Waals surface area (Å²) in [6, 6.07) is 3.92. The molecule has 2 saturated carbocycles. The minimum atomic E-state index is -0.652. The molecule has 2 heterocycles. The van der Waals surface area contributed by atoms with E-state index in [0.29, 0.717) is 0 Å². The molecular weight excluding hydrogens is 342 g/mol. The minimum Gasteiger partial charge on any atom is -0.356 e. The van der Waals surface area contributed by atoms with Crippen LogP contribution in [-0.4, -0.2) is 58.4 Å². The van der Waals surface area contributed by atoms with E-state index in [2.05, 4.69) is 4.98 Å². The standard InChI is InChI=1S/C21H29N3O3/c1-23(16-8-4-2-3-5-9-16)21(26)20-19(15-7-6-12-22-13-15)24(17-10-11-17)18(25)14-27-20/h6-7,12-13,16-17,19-20H,2-5,8-11,14H2,1H3/t19-,20+/m1/s1. The number of nitrogens with zero attached hydrogens (tertiary/aromatic N) is 3. The molecule has 27 heavy (non-hydrogen) atoms. The smallest absolute Gasteiger partial charge is 0.254 e. The molecule has 0 unspecified atom stereocenters. The largest absolute Gasteiger partial charge is 0.356 e. The number of ether oxygens (including phenoxy) is 1. The van der Waals surface area contributed by atoms with E-state index in [1.165, 1.54) is 25.7 Å². The van der Waals surface area contributed by atoms with Crippen LogP contribution in [0.5, 0.6) is 0 Å². The van der Waals surface area contributed by atoms with Crippen LogP contribution in [0.25, 0.3) is 0 Å². The van der Waals surface area contributed by atoms with Gasteiger partial charge in [0.05, 0.1) is 6.04 Å². The first-order valence-corrected chi connectivity index (χ1v) is 10.3. The number of amides is 2. The van der Waals surface area contributed by atoms with Crippen LogP contribution in [0.15, 0.2) is 24.5 Å². The number of likely N-dealkylation sites (N-methyl/N-ethyl adjacent to an activating group) is 1. The first kappa shape index (κ1) is 18.4. The van der Waals surface area contributed by atoms with Gasteiger partial charge in [-0.25, -0.2) is 0 Å². The molecule has 2 atom stereocenters. The van der Waals surface area contributed by atoms with E-state index in [0.717, 1.165) is 31.2 Å². The number of rotatable bonds is 4. The molecule has 1 aromatic heterocycles. The summed E-state index contributed by atoms with van der Waals surface area (Å²) in [6.07, 6.45) is 11.8. The second-order valence-electron chi connectivity index (χ2n) is 8.09. The first-order valence-electron chi connectivity index (χ1n) is 10.3. The monoisotopic (exact) mass is 371 g/mol. The summed E-state index contributed by atoms with van der Waals surface area (Å²) in [4.78, 5) is 34.0. The highest BCUT2D eigenvalue weighted by Crippen LogP contribution is 2.40. The highest BCUT2D eigenvalue weighted by atomic mass is 16.5. The number of carbonyl (C=O) groups is 2. The van der Waals surface area contributed by atoms with E-state index in [1.807, 2.05) is 29.0 Å². The molecule has 146 valence electrons. The summed E-state index contributed by atoms with van der Waals surface area (Å²) < 4.78 is 5.86. The maximum atomic E-state index is 13.4. The third kappa shape index (κ3) is 3.86. The van der Waals surface area contributed by atoms with Crippen molar-refractivity contribution in [1.29, 1.82) is 0 Å². The lowest BCUT2D eigenvalue weighted by atomic mass is 9.96. The number of pyridine rings is 1. The second kappa shape index (κ2) is 7.97. The molecule has 0 N–H and O–H groups in total. The number of aromatic nitrogens is 1. The van der Waals surface area contributed by atoms with Crippen molar-refractivity contribution >= 4 is 11.8 Å². The molecule has 6 heteroatoms. The lowest BCUT2D eigenvalue weighted by Crippen LogP contribution is -2.56. The Morgan fingerprint density at radius 3 is 2.56 bits per heavy atom. The maximum absolute atomic E-state index is 13.4. The molecule has 1 saturated heterocycles. The fourth-order valence-corrected chi connectivity index (χ4v) is 4.53. The van der Waals surface area contributed by atoms with Crippen molar-refractivity contribution in [3.8, 4) is 0 Å². The minimum absolute atomic E-state index is 0.00565. The van der Waals surface area contributed by atoms with Gasteiger partial charge in [-0.15, -0.1) is 0 Å². The van der Waals surface area contributed by atoms with Crippen LogP contribution in [-0.2, 0) is 14.3 Å². The van der Waals surface area contributed by atoms with Crippen molar-refractivity contribution in [1.82, 2.24) is 14.8 Å². The van der Waals surface area contributed by atoms with Gasteiger partial charge in [-0.05, 0) is 37.3 Å². The average Bonchev–Trinajstić information content (AvgIpc) is 3.54. The molecule has 1 aliphatic heterocycles. The Morgan fingerprint density at radius 1 is 1.19 bits per heavy atom. The summed E-state index contributed by atoms with van der Waals surface area (Å²) in [6.45, 7) is -0.0117. The molecule has 1 aromatic rings. The zero-order chi connectivity index (χ0) is 18.8. The molecule has 0 radical (unpaired) electrons. The maximum Gasteiger partial charge on any atom is 0.254 e. The second-order valence-corrected chi connectivity index (χ2v) is 8.09. The molecule has 0 spiro atoms. The van der Waals surface area contributed by atoms with E-state index in [-0.39, 0.29) is 36.5 Å². The van der Waals surface area contributed by atoms with Crippen molar-refractivity contribution in [2.75, 3.05) is 13.7 Å². The highest BCUT2D eigenvalue weighted by Gasteiger charge is 2.48. The molecule has 4 rings (SSSR count). The van der Waals surface area contributed by atoms with Crippen molar-refractivity contribution in [3.63, 3.8) is 0 Å². The molecule has 6 nitrogen and oxygen atoms in total. The van der Waals surface area contributed by atoms with Crippen molar-refractivity contribution in [2.24, 2.45) is 0 Å². The fraction of sp³-hybridized carbons (Fsp3) is 0.667. The average molecular weight is 371 g/mol. The van der Waals surface area contributed by atoms with Crippen LogP contribution < -0.4 is 0 Å². The lowest BCUT2D eigenvalue weighted by Gasteiger charge is -2.42. The molecule has 0 bridgehead atoms. The van der Waals surface area contributed by atoms with E-state index in [1.54, 1.807) is 12.4 Å². The molecule has 3 aliphatic rings. The Hall–Kier alpha value is -1.95. The SMILES string of the molecule is CN(C(=O)[C@H]1OCC(=O)N(C2CC2)[C@@H]1c1cccnc1)C1CCCCCC1. The number of carbonyl (C=O) groups excluding carboxylic acids is 2. The lowest BCUT2D eigenvalue weighted by molar-refractivity contribution is -0.170. The van der Waals surface area contributed by atoms with Crippen LogP contribution in [0.1, 0.15) is 63.0 Å². The van der Waals surface area contributed by atoms with Crippen molar-refractivity contribution < 1.29 is 14.3 Å². The van der Waals surface area contributed by atoms with E-state index < -0.39 is 6.10 Å². The molecular formula is C21H29N3O3. The van der Waals surface area contributed by atoms with Crippen LogP contribution >= 0.6 is 0 Å². The summed E-state index contributed by atoms with van der Waals surface area (Å²) in [5, 5.41) is 0. The number of hydrogen-bond acceptors (Lipinski definition) is 4. The highest BCUT2D eigenvalue weighted by molar-refractivity contribution is 5.86. The Labute approximate surface area is 160 Å². The summed E-state index contributed by atoms with van der Waals surface area (Å²) in [7, 11) is 1.90. The summed E-state index contributed by atoms with van der Waals surface area (Å²) in [5.74, 6) is -0.0265. The van der Waals surface area contributed by atoms with E-state index in [4.69, 9.17) is 4.74 Å². The summed E-state index contributed by atoms with van der Waals surface area (Å²) in [5.41, 5.74) is 0.880. The number of hydrogen-bond donors (Lipinski definition) is 0. The van der Waals surface area contributed by atoms with Gasteiger partial charge in [0.25, 0.3) is 5.91 Å². The van der Waals surface area contributed by atoms with Crippen LogP contribution in [0.2, 0.25) is 0 Å². The zero-order valence-corrected chi connectivity index (χ0v) is 16.0. The first-order chi connectivity index (χ1) is 13.2. The molecule has 2 aliphatic carbocycles. The topological polar surface area (TPSA) is 62.7 Å². The Kier molecular flexibility index (Phi) is 5.43. The van der Waals surface area contributed by atoms with Crippen molar-refractivity contribution in [3.05, 3.63) is 30.1 Å². The predicted octanol–water partition coefficient (Wildman–Crippen LogP) is 2.69.